The lowest BCUT2D eigenvalue weighted by molar-refractivity contribution is 1.07. The van der Waals surface area contributed by atoms with Crippen molar-refractivity contribution in [1.29, 1.82) is 0 Å². The Balaban J connectivity index is 2.39. The molecular formula is C14H13N. The van der Waals surface area contributed by atoms with Crippen LogP contribution >= 0.6 is 0 Å². The maximum atomic E-state index is 3.44. The number of aromatic amines is 1. The Morgan fingerprint density at radius 2 is 1.67 bits per heavy atom. The van der Waals surface area contributed by atoms with E-state index < -0.39 is 0 Å². The highest BCUT2D eigenvalue weighted by molar-refractivity contribution is 5.97. The topological polar surface area (TPSA) is 15.8 Å². The quantitative estimate of drug-likeness (QED) is 0.606. The van der Waals surface area contributed by atoms with Crippen LogP contribution in [0.4, 0.5) is 0 Å². The summed E-state index contributed by atoms with van der Waals surface area (Å²) < 4.78 is 0. The smallest absolute Gasteiger partial charge is 0.0462 e. The molecule has 0 atom stereocenters. The van der Waals surface area contributed by atoms with Crippen LogP contribution in [0.15, 0.2) is 42.5 Å². The number of aromatic nitrogens is 1. The molecule has 1 N–H and O–H groups in total. The Kier molecular flexibility index (Phi) is 1.78. The van der Waals surface area contributed by atoms with Crippen molar-refractivity contribution in [3.63, 3.8) is 0 Å². The number of hydrogen-bond acceptors (Lipinski definition) is 0. The molecule has 0 bridgehead atoms. The monoisotopic (exact) mass is 195 g/mol. The summed E-state index contributed by atoms with van der Waals surface area (Å²) in [6.07, 6.45) is 1.06. The highest BCUT2D eigenvalue weighted by Gasteiger charge is 2.00. The van der Waals surface area contributed by atoms with E-state index in [1.165, 1.54) is 27.4 Å². The molecular weight excluding hydrogens is 182 g/mol. The second kappa shape index (κ2) is 3.13. The molecule has 0 saturated heterocycles. The number of nitrogens with one attached hydrogen (secondary N) is 1. The van der Waals surface area contributed by atoms with Crippen LogP contribution in [-0.4, -0.2) is 4.98 Å². The predicted octanol–water partition coefficient (Wildman–Crippen LogP) is 3.88. The van der Waals surface area contributed by atoms with E-state index in [2.05, 4.69) is 54.4 Å². The maximum Gasteiger partial charge on any atom is 0.0462 e. The first-order valence-corrected chi connectivity index (χ1v) is 5.37. The minimum atomic E-state index is 1.06. The van der Waals surface area contributed by atoms with Gasteiger partial charge in [0.25, 0.3) is 0 Å². The van der Waals surface area contributed by atoms with Crippen molar-refractivity contribution in [2.75, 3.05) is 0 Å². The predicted molar refractivity (Wildman–Crippen MR) is 65.2 cm³/mol. The lowest BCUT2D eigenvalue weighted by atomic mass is 10.1. The van der Waals surface area contributed by atoms with E-state index in [0.717, 1.165) is 6.42 Å². The lowest BCUT2D eigenvalue weighted by Gasteiger charge is -1.96. The first-order valence-electron chi connectivity index (χ1n) is 5.37. The van der Waals surface area contributed by atoms with Crippen molar-refractivity contribution in [3.8, 4) is 0 Å². The van der Waals surface area contributed by atoms with Crippen LogP contribution in [0.1, 0.15) is 12.6 Å². The maximum absolute atomic E-state index is 3.44. The fourth-order valence-corrected chi connectivity index (χ4v) is 2.07. The number of aryl methyl sites for hydroxylation is 1. The SMILES string of the molecule is CCc1cc2cc3ccccc3cc2[nH]1. The van der Waals surface area contributed by atoms with Gasteiger partial charge >= 0.3 is 0 Å². The molecule has 2 aromatic carbocycles. The van der Waals surface area contributed by atoms with Crippen molar-refractivity contribution in [3.05, 3.63) is 48.2 Å². The fourth-order valence-electron chi connectivity index (χ4n) is 2.07. The van der Waals surface area contributed by atoms with Crippen LogP contribution in [0.5, 0.6) is 0 Å². The summed E-state index contributed by atoms with van der Waals surface area (Å²) >= 11 is 0. The summed E-state index contributed by atoms with van der Waals surface area (Å²) in [6.45, 7) is 2.17. The van der Waals surface area contributed by atoms with Gasteiger partial charge in [-0.25, -0.2) is 0 Å². The van der Waals surface area contributed by atoms with Crippen molar-refractivity contribution in [2.45, 2.75) is 13.3 Å². The number of rotatable bonds is 1. The Bertz CT molecular complexity index is 567. The Morgan fingerprint density at radius 3 is 2.40 bits per heavy atom. The summed E-state index contributed by atoms with van der Waals surface area (Å²) in [5.74, 6) is 0. The molecule has 0 amide bonds. The summed E-state index contributed by atoms with van der Waals surface area (Å²) in [5, 5.41) is 3.92. The Labute approximate surface area is 88.7 Å². The van der Waals surface area contributed by atoms with E-state index in [9.17, 15) is 0 Å². The van der Waals surface area contributed by atoms with E-state index in [1.54, 1.807) is 0 Å². The summed E-state index contributed by atoms with van der Waals surface area (Å²) in [5.41, 5.74) is 2.55. The molecule has 1 heteroatoms. The largest absolute Gasteiger partial charge is 0.358 e. The number of fused-ring (bicyclic) bond motifs is 2. The molecule has 74 valence electrons. The van der Waals surface area contributed by atoms with E-state index in [0.29, 0.717) is 0 Å². The molecule has 0 unspecified atom stereocenters. The van der Waals surface area contributed by atoms with Gasteiger partial charge in [-0.05, 0) is 35.4 Å². The molecule has 0 aliphatic carbocycles. The second-order valence-electron chi connectivity index (χ2n) is 3.93. The van der Waals surface area contributed by atoms with Crippen LogP contribution in [0.3, 0.4) is 0 Å². The van der Waals surface area contributed by atoms with Gasteiger partial charge in [0.05, 0.1) is 0 Å². The van der Waals surface area contributed by atoms with Crippen LogP contribution in [0.2, 0.25) is 0 Å². The number of hydrogen-bond donors (Lipinski definition) is 1. The van der Waals surface area contributed by atoms with Crippen molar-refractivity contribution in [2.24, 2.45) is 0 Å². The Hall–Kier alpha value is -1.76. The van der Waals surface area contributed by atoms with Crippen LogP contribution in [-0.2, 0) is 6.42 Å². The zero-order valence-electron chi connectivity index (χ0n) is 8.75. The molecule has 1 nitrogen and oxygen atoms in total. The molecule has 0 spiro atoms. The van der Waals surface area contributed by atoms with Crippen LogP contribution in [0, 0.1) is 0 Å². The van der Waals surface area contributed by atoms with Gasteiger partial charge in [-0.2, -0.15) is 0 Å². The molecule has 3 aromatic rings. The third-order valence-corrected chi connectivity index (χ3v) is 2.92. The van der Waals surface area contributed by atoms with Crippen LogP contribution < -0.4 is 0 Å². The molecule has 0 radical (unpaired) electrons. The van der Waals surface area contributed by atoms with Gasteiger partial charge < -0.3 is 4.98 Å². The lowest BCUT2D eigenvalue weighted by Crippen LogP contribution is -1.75. The van der Waals surface area contributed by atoms with Crippen LogP contribution in [0.25, 0.3) is 21.7 Å². The average Bonchev–Trinajstić information content (AvgIpc) is 2.67. The van der Waals surface area contributed by atoms with Crippen molar-refractivity contribution in [1.82, 2.24) is 4.98 Å². The van der Waals surface area contributed by atoms with Gasteiger partial charge in [0, 0.05) is 16.6 Å². The summed E-state index contributed by atoms with van der Waals surface area (Å²) in [4.78, 5) is 3.44. The zero-order valence-corrected chi connectivity index (χ0v) is 8.75. The van der Waals surface area contributed by atoms with E-state index in [1.807, 2.05) is 0 Å². The first-order chi connectivity index (χ1) is 7.36. The first kappa shape index (κ1) is 8.54. The van der Waals surface area contributed by atoms with Gasteiger partial charge in [0.15, 0.2) is 0 Å². The molecule has 0 aliphatic heterocycles. The highest BCUT2D eigenvalue weighted by atomic mass is 14.7. The minimum Gasteiger partial charge on any atom is -0.358 e. The third-order valence-electron chi connectivity index (χ3n) is 2.92. The Morgan fingerprint density at radius 1 is 0.933 bits per heavy atom. The third kappa shape index (κ3) is 1.32. The van der Waals surface area contributed by atoms with E-state index >= 15 is 0 Å². The van der Waals surface area contributed by atoms with Gasteiger partial charge in [0.1, 0.15) is 0 Å². The average molecular weight is 195 g/mol. The molecule has 0 saturated carbocycles. The van der Waals surface area contributed by atoms with Crippen molar-refractivity contribution < 1.29 is 0 Å². The molecule has 0 aliphatic rings. The number of H-pyrrole nitrogens is 1. The molecule has 3 rings (SSSR count). The van der Waals surface area contributed by atoms with Gasteiger partial charge in [-0.3, -0.25) is 0 Å². The normalized spacial score (nSPS) is 11.3. The fraction of sp³-hybridized carbons (Fsp3) is 0.143. The highest BCUT2D eigenvalue weighted by Crippen LogP contribution is 2.23. The zero-order chi connectivity index (χ0) is 10.3. The number of benzene rings is 2. The van der Waals surface area contributed by atoms with Gasteiger partial charge in [-0.1, -0.05) is 31.2 Å². The van der Waals surface area contributed by atoms with E-state index in [-0.39, 0.29) is 0 Å². The molecule has 0 fully saturated rings. The molecule has 1 aromatic heterocycles. The van der Waals surface area contributed by atoms with Crippen molar-refractivity contribution >= 4 is 21.7 Å². The standard InChI is InChI=1S/C14H13N/c1-2-13-8-12-7-10-5-3-4-6-11(10)9-14(12)15-13/h3-9,15H,2H2,1H3. The minimum absolute atomic E-state index is 1.06. The molecule has 1 heterocycles. The second-order valence-corrected chi connectivity index (χ2v) is 3.93. The van der Waals surface area contributed by atoms with Gasteiger partial charge in [-0.15, -0.1) is 0 Å². The summed E-state index contributed by atoms with van der Waals surface area (Å²) in [7, 11) is 0. The summed E-state index contributed by atoms with van der Waals surface area (Å²) in [6, 6.07) is 15.2. The molecule has 15 heavy (non-hydrogen) atoms. The van der Waals surface area contributed by atoms with E-state index in [4.69, 9.17) is 0 Å². The van der Waals surface area contributed by atoms with Gasteiger partial charge in [0.2, 0.25) is 0 Å².